The van der Waals surface area contributed by atoms with Crippen molar-refractivity contribution in [2.75, 3.05) is 10.6 Å². The Balaban J connectivity index is 1.45. The summed E-state index contributed by atoms with van der Waals surface area (Å²) < 4.78 is 0.824. The van der Waals surface area contributed by atoms with E-state index < -0.39 is 0 Å². The molecule has 3 heterocycles. The van der Waals surface area contributed by atoms with Crippen molar-refractivity contribution < 1.29 is 9.59 Å². The predicted molar refractivity (Wildman–Crippen MR) is 120 cm³/mol. The molecule has 9 heteroatoms. The van der Waals surface area contributed by atoms with E-state index in [1.165, 1.54) is 11.3 Å². The van der Waals surface area contributed by atoms with E-state index in [2.05, 4.69) is 36.5 Å². The number of carbonyl (C=O) groups excluding carboxylic acids is 2. The zero-order valence-corrected chi connectivity index (χ0v) is 18.0. The van der Waals surface area contributed by atoms with Gasteiger partial charge in [-0.05, 0) is 57.7 Å². The van der Waals surface area contributed by atoms with Crippen LogP contribution in [0.25, 0.3) is 10.6 Å². The number of carbonyl (C=O) groups is 2. The lowest BCUT2D eigenvalue weighted by molar-refractivity contribution is 0.101. The first-order valence-corrected chi connectivity index (χ1v) is 11.0. The zero-order valence-electron chi connectivity index (χ0n) is 14.8. The molecule has 1 aromatic carbocycles. The van der Waals surface area contributed by atoms with Crippen molar-refractivity contribution in [2.45, 2.75) is 0 Å². The fourth-order valence-electron chi connectivity index (χ4n) is 2.47. The highest BCUT2D eigenvalue weighted by molar-refractivity contribution is 9.10. The molecule has 2 N–H and O–H groups in total. The molecule has 144 valence electrons. The molecule has 0 unspecified atom stereocenters. The van der Waals surface area contributed by atoms with Crippen molar-refractivity contribution in [3.05, 3.63) is 80.5 Å². The van der Waals surface area contributed by atoms with Crippen LogP contribution in [0.15, 0.2) is 69.3 Å². The largest absolute Gasteiger partial charge is 0.321 e. The minimum atomic E-state index is -0.324. The molecule has 29 heavy (non-hydrogen) atoms. The van der Waals surface area contributed by atoms with Crippen LogP contribution < -0.4 is 10.6 Å². The van der Waals surface area contributed by atoms with E-state index in [1.807, 2.05) is 16.8 Å². The monoisotopic (exact) mass is 484 g/mol. The van der Waals surface area contributed by atoms with E-state index in [0.29, 0.717) is 22.8 Å². The number of benzene rings is 1. The molecule has 3 aromatic heterocycles. The van der Waals surface area contributed by atoms with Crippen LogP contribution in [-0.4, -0.2) is 21.8 Å². The molecule has 0 saturated heterocycles. The number of thiophene rings is 1. The van der Waals surface area contributed by atoms with Crippen molar-refractivity contribution in [3.63, 3.8) is 0 Å². The molecule has 0 radical (unpaired) electrons. The molecule has 0 aliphatic heterocycles. The molecule has 0 fully saturated rings. The molecule has 0 saturated carbocycles. The highest BCUT2D eigenvalue weighted by Crippen LogP contribution is 2.26. The maximum absolute atomic E-state index is 12.5. The molecular weight excluding hydrogens is 472 g/mol. The molecule has 6 nitrogen and oxygen atoms in total. The van der Waals surface area contributed by atoms with Gasteiger partial charge in [0.25, 0.3) is 11.8 Å². The summed E-state index contributed by atoms with van der Waals surface area (Å²) in [6.07, 6.45) is 1.60. The van der Waals surface area contributed by atoms with Gasteiger partial charge in [0.15, 0.2) is 0 Å². The highest BCUT2D eigenvalue weighted by atomic mass is 79.9. The van der Waals surface area contributed by atoms with Crippen LogP contribution in [0.5, 0.6) is 0 Å². The number of nitrogens with zero attached hydrogens (tertiary/aromatic N) is 2. The standard InChI is InChI=1S/C20H13BrN4O2S2/c21-14-4-5-17(22-9-14)25-18(26)12-2-1-3-15(8-12)23-19(27)16-11-29-20(24-16)13-6-7-28-10-13/h1-11H,(H,23,27)(H,22,25,26). The van der Waals surface area contributed by atoms with Gasteiger partial charge in [-0.2, -0.15) is 11.3 Å². The predicted octanol–water partition coefficient (Wildman–Crippen LogP) is 5.53. The van der Waals surface area contributed by atoms with E-state index in [0.717, 1.165) is 15.0 Å². The van der Waals surface area contributed by atoms with Crippen molar-refractivity contribution in [1.82, 2.24) is 9.97 Å². The molecule has 4 rings (SSSR count). The second-order valence-electron chi connectivity index (χ2n) is 5.90. The Hall–Kier alpha value is -2.88. The van der Waals surface area contributed by atoms with Gasteiger partial charge >= 0.3 is 0 Å². The van der Waals surface area contributed by atoms with Gasteiger partial charge in [-0.3, -0.25) is 9.59 Å². The summed E-state index contributed by atoms with van der Waals surface area (Å²) in [5, 5.41) is 12.0. The molecule has 2 amide bonds. The molecule has 0 aliphatic rings. The Bertz CT molecular complexity index is 1160. The topological polar surface area (TPSA) is 84.0 Å². The first-order valence-electron chi connectivity index (χ1n) is 8.41. The summed E-state index contributed by atoms with van der Waals surface area (Å²) in [5.41, 5.74) is 2.26. The fourth-order valence-corrected chi connectivity index (χ4v) is 4.22. The number of thiazole rings is 1. The minimum Gasteiger partial charge on any atom is -0.321 e. The maximum Gasteiger partial charge on any atom is 0.275 e. The zero-order chi connectivity index (χ0) is 20.2. The lowest BCUT2D eigenvalue weighted by atomic mass is 10.2. The number of anilines is 2. The number of hydrogen-bond donors (Lipinski definition) is 2. The first kappa shape index (κ1) is 19.4. The van der Waals surface area contributed by atoms with Crippen molar-refractivity contribution >= 4 is 61.9 Å². The third-order valence-electron chi connectivity index (χ3n) is 3.86. The Morgan fingerprint density at radius 1 is 1.00 bits per heavy atom. The fraction of sp³-hybridized carbons (Fsp3) is 0. The van der Waals surface area contributed by atoms with Crippen LogP contribution in [0.2, 0.25) is 0 Å². The van der Waals surface area contributed by atoms with Crippen molar-refractivity contribution in [1.29, 1.82) is 0 Å². The summed E-state index contributed by atoms with van der Waals surface area (Å²) in [4.78, 5) is 33.5. The first-order chi connectivity index (χ1) is 14.1. The van der Waals surface area contributed by atoms with Crippen LogP contribution >= 0.6 is 38.6 Å². The van der Waals surface area contributed by atoms with E-state index in [-0.39, 0.29) is 11.8 Å². The Labute approximate surface area is 182 Å². The average Bonchev–Trinajstić information content (AvgIpc) is 3.42. The minimum absolute atomic E-state index is 0.315. The van der Waals surface area contributed by atoms with E-state index in [9.17, 15) is 9.59 Å². The average molecular weight is 485 g/mol. The summed E-state index contributed by atoms with van der Waals surface area (Å²) in [5.74, 6) is -0.199. The number of amides is 2. The van der Waals surface area contributed by atoms with E-state index in [4.69, 9.17) is 0 Å². The molecule has 4 aromatic rings. The molecule has 0 spiro atoms. The summed E-state index contributed by atoms with van der Waals surface area (Å²) in [6.45, 7) is 0. The van der Waals surface area contributed by atoms with Gasteiger partial charge < -0.3 is 10.6 Å². The number of hydrogen-bond acceptors (Lipinski definition) is 6. The summed E-state index contributed by atoms with van der Waals surface area (Å²) >= 11 is 6.30. The Morgan fingerprint density at radius 3 is 2.66 bits per heavy atom. The second kappa shape index (κ2) is 8.64. The van der Waals surface area contributed by atoms with Crippen molar-refractivity contribution in [3.8, 4) is 10.6 Å². The van der Waals surface area contributed by atoms with Gasteiger partial charge in [0.1, 0.15) is 16.5 Å². The summed E-state index contributed by atoms with van der Waals surface area (Å²) in [6, 6.07) is 12.2. The van der Waals surface area contributed by atoms with E-state index in [1.54, 1.807) is 59.3 Å². The van der Waals surface area contributed by atoms with Crippen molar-refractivity contribution in [2.24, 2.45) is 0 Å². The second-order valence-corrected chi connectivity index (χ2v) is 8.45. The third kappa shape index (κ3) is 4.76. The van der Waals surface area contributed by atoms with Gasteiger partial charge in [-0.25, -0.2) is 9.97 Å². The number of rotatable bonds is 5. The maximum atomic E-state index is 12.5. The molecule has 0 bridgehead atoms. The van der Waals surface area contributed by atoms with Crippen LogP contribution in [0.3, 0.4) is 0 Å². The normalized spacial score (nSPS) is 10.5. The van der Waals surface area contributed by atoms with Gasteiger partial charge in [0, 0.05) is 38.2 Å². The van der Waals surface area contributed by atoms with Gasteiger partial charge in [0.05, 0.1) is 0 Å². The van der Waals surface area contributed by atoms with Crippen LogP contribution in [0, 0.1) is 0 Å². The number of pyridine rings is 1. The number of halogens is 1. The molecule has 0 aliphatic carbocycles. The highest BCUT2D eigenvalue weighted by Gasteiger charge is 2.14. The Morgan fingerprint density at radius 2 is 1.90 bits per heavy atom. The van der Waals surface area contributed by atoms with Crippen LogP contribution in [-0.2, 0) is 0 Å². The molecular formula is C20H13BrN4O2S2. The number of nitrogens with one attached hydrogen (secondary N) is 2. The van der Waals surface area contributed by atoms with Gasteiger partial charge in [-0.1, -0.05) is 6.07 Å². The lowest BCUT2D eigenvalue weighted by Gasteiger charge is -2.07. The number of aromatic nitrogens is 2. The Kier molecular flexibility index (Phi) is 5.79. The summed E-state index contributed by atoms with van der Waals surface area (Å²) in [7, 11) is 0. The smallest absolute Gasteiger partial charge is 0.275 e. The SMILES string of the molecule is O=C(Nc1ccc(Br)cn1)c1cccc(NC(=O)c2csc(-c3ccsc3)n2)c1. The molecule has 0 atom stereocenters. The lowest BCUT2D eigenvalue weighted by Crippen LogP contribution is -2.15. The van der Waals surface area contributed by atoms with Gasteiger partial charge in [-0.15, -0.1) is 11.3 Å². The quantitative estimate of drug-likeness (QED) is 0.389. The van der Waals surface area contributed by atoms with Crippen LogP contribution in [0.1, 0.15) is 20.8 Å². The third-order valence-corrected chi connectivity index (χ3v) is 5.90. The van der Waals surface area contributed by atoms with Crippen LogP contribution in [0.4, 0.5) is 11.5 Å². The van der Waals surface area contributed by atoms with Gasteiger partial charge in [0.2, 0.25) is 0 Å². The van der Waals surface area contributed by atoms with E-state index >= 15 is 0 Å².